The van der Waals surface area contributed by atoms with E-state index in [1.54, 1.807) is 30.9 Å². The number of hydrogen-bond donors (Lipinski definition) is 1. The monoisotopic (exact) mass is 353 g/mol. The summed E-state index contributed by atoms with van der Waals surface area (Å²) in [5, 5.41) is 9.04. The van der Waals surface area contributed by atoms with Gasteiger partial charge in [0, 0.05) is 12.6 Å². The zero-order valence-corrected chi connectivity index (χ0v) is 14.8. The molecule has 24 heavy (non-hydrogen) atoms. The highest BCUT2D eigenvalue weighted by molar-refractivity contribution is 7.91. The SMILES string of the molecule is CCS(=O)(=O)c1ccc(CC(=O)N(CC(C)C(=O)O)C2CC2)cc1. The van der Waals surface area contributed by atoms with E-state index in [4.69, 9.17) is 5.11 Å². The lowest BCUT2D eigenvalue weighted by atomic mass is 10.1. The van der Waals surface area contributed by atoms with Crippen LogP contribution in [0.3, 0.4) is 0 Å². The maximum Gasteiger partial charge on any atom is 0.308 e. The number of carbonyl (C=O) groups excluding carboxylic acids is 1. The molecule has 1 unspecified atom stereocenters. The van der Waals surface area contributed by atoms with Gasteiger partial charge in [-0.3, -0.25) is 9.59 Å². The number of hydrogen-bond acceptors (Lipinski definition) is 4. The minimum atomic E-state index is -3.25. The number of rotatable bonds is 8. The van der Waals surface area contributed by atoms with E-state index in [9.17, 15) is 18.0 Å². The molecule has 7 heteroatoms. The smallest absolute Gasteiger partial charge is 0.308 e. The minimum absolute atomic E-state index is 0.0355. The molecule has 0 spiro atoms. The van der Waals surface area contributed by atoms with Crippen LogP contribution in [0.4, 0.5) is 0 Å². The van der Waals surface area contributed by atoms with Crippen LogP contribution in [-0.4, -0.2) is 48.6 Å². The van der Waals surface area contributed by atoms with Crippen molar-refractivity contribution in [2.24, 2.45) is 5.92 Å². The van der Waals surface area contributed by atoms with Gasteiger partial charge in [-0.05, 0) is 30.5 Å². The fourth-order valence-electron chi connectivity index (χ4n) is 2.47. The summed E-state index contributed by atoms with van der Waals surface area (Å²) in [6, 6.07) is 6.46. The molecule has 1 amide bonds. The average molecular weight is 353 g/mol. The zero-order chi connectivity index (χ0) is 17.9. The summed E-state index contributed by atoms with van der Waals surface area (Å²) >= 11 is 0. The number of aliphatic carboxylic acids is 1. The molecule has 1 aromatic carbocycles. The summed E-state index contributed by atoms with van der Waals surface area (Å²) in [4.78, 5) is 25.4. The number of carboxylic acid groups (broad SMARTS) is 1. The summed E-state index contributed by atoms with van der Waals surface area (Å²) in [7, 11) is -3.25. The molecular weight excluding hydrogens is 330 g/mol. The first-order valence-electron chi connectivity index (χ1n) is 8.08. The Balaban J connectivity index is 2.05. The highest BCUT2D eigenvalue weighted by Gasteiger charge is 2.34. The molecule has 1 atom stereocenters. The molecule has 1 aliphatic rings. The number of carboxylic acids is 1. The van der Waals surface area contributed by atoms with Crippen molar-refractivity contribution in [3.8, 4) is 0 Å². The van der Waals surface area contributed by atoms with Crippen molar-refractivity contribution < 1.29 is 23.1 Å². The Hall–Kier alpha value is -1.89. The van der Waals surface area contributed by atoms with Crippen LogP contribution in [0.25, 0.3) is 0 Å². The summed E-state index contributed by atoms with van der Waals surface area (Å²) in [5.41, 5.74) is 0.726. The van der Waals surface area contributed by atoms with Crippen LogP contribution in [0.1, 0.15) is 32.3 Å². The van der Waals surface area contributed by atoms with Crippen LogP contribution in [0, 0.1) is 5.92 Å². The summed E-state index contributed by atoms with van der Waals surface area (Å²) in [6.07, 6.45) is 1.97. The van der Waals surface area contributed by atoms with Crippen molar-refractivity contribution in [3.63, 3.8) is 0 Å². The van der Waals surface area contributed by atoms with E-state index in [1.807, 2.05) is 0 Å². The van der Waals surface area contributed by atoms with Crippen LogP contribution in [0.5, 0.6) is 0 Å². The Bertz CT molecular complexity index is 707. The molecule has 0 radical (unpaired) electrons. The molecule has 1 aromatic rings. The van der Waals surface area contributed by atoms with Gasteiger partial charge in [0.15, 0.2) is 9.84 Å². The van der Waals surface area contributed by atoms with E-state index < -0.39 is 21.7 Å². The Kier molecular flexibility index (Phi) is 5.64. The molecule has 2 rings (SSSR count). The zero-order valence-electron chi connectivity index (χ0n) is 13.9. The van der Waals surface area contributed by atoms with Crippen LogP contribution >= 0.6 is 0 Å². The van der Waals surface area contributed by atoms with Crippen LogP contribution < -0.4 is 0 Å². The van der Waals surface area contributed by atoms with Gasteiger partial charge in [0.05, 0.1) is 23.0 Å². The number of benzene rings is 1. The quantitative estimate of drug-likeness (QED) is 0.768. The van der Waals surface area contributed by atoms with Gasteiger partial charge in [-0.25, -0.2) is 8.42 Å². The molecule has 0 aliphatic heterocycles. The lowest BCUT2D eigenvalue weighted by molar-refractivity contribution is -0.143. The fourth-order valence-corrected chi connectivity index (χ4v) is 3.36. The molecule has 0 heterocycles. The number of nitrogens with zero attached hydrogens (tertiary/aromatic N) is 1. The van der Waals surface area contributed by atoms with Gasteiger partial charge in [-0.15, -0.1) is 0 Å². The van der Waals surface area contributed by atoms with Gasteiger partial charge < -0.3 is 10.0 Å². The Labute approximate surface area is 142 Å². The largest absolute Gasteiger partial charge is 0.481 e. The first-order chi connectivity index (χ1) is 11.2. The maximum atomic E-state index is 12.5. The van der Waals surface area contributed by atoms with Crippen molar-refractivity contribution in [1.29, 1.82) is 0 Å². The second-order valence-electron chi connectivity index (χ2n) is 6.24. The second kappa shape index (κ2) is 7.34. The molecule has 1 fully saturated rings. The van der Waals surface area contributed by atoms with E-state index in [2.05, 4.69) is 0 Å². The number of carbonyl (C=O) groups is 2. The lowest BCUT2D eigenvalue weighted by Gasteiger charge is -2.24. The minimum Gasteiger partial charge on any atom is -0.481 e. The lowest BCUT2D eigenvalue weighted by Crippen LogP contribution is -2.39. The van der Waals surface area contributed by atoms with E-state index in [-0.39, 0.29) is 35.6 Å². The highest BCUT2D eigenvalue weighted by atomic mass is 32.2. The van der Waals surface area contributed by atoms with Crippen LogP contribution in [-0.2, 0) is 25.8 Å². The number of amides is 1. The number of sulfone groups is 1. The van der Waals surface area contributed by atoms with Gasteiger partial charge >= 0.3 is 5.97 Å². The first kappa shape index (κ1) is 18.4. The maximum absolute atomic E-state index is 12.5. The Morgan fingerprint density at radius 1 is 1.25 bits per heavy atom. The van der Waals surface area contributed by atoms with Gasteiger partial charge in [0.2, 0.25) is 5.91 Å². The summed E-state index contributed by atoms with van der Waals surface area (Å²) in [5.74, 6) is -1.60. The van der Waals surface area contributed by atoms with Gasteiger partial charge in [0.25, 0.3) is 0 Å². The van der Waals surface area contributed by atoms with Gasteiger partial charge in [-0.1, -0.05) is 26.0 Å². The molecular formula is C17H23NO5S. The molecule has 1 N–H and O–H groups in total. The molecule has 132 valence electrons. The standard InChI is InChI=1S/C17H23NO5S/c1-3-24(22,23)15-8-4-13(5-9-15)10-16(19)18(14-6-7-14)11-12(2)17(20)21/h4-5,8-9,12,14H,3,6-7,10-11H2,1-2H3,(H,20,21). The predicted octanol–water partition coefficient (Wildman–Crippen LogP) is 1.73. The summed E-state index contributed by atoms with van der Waals surface area (Å²) in [6.45, 7) is 3.39. The third-order valence-corrected chi connectivity index (χ3v) is 5.97. The Morgan fingerprint density at radius 3 is 2.29 bits per heavy atom. The van der Waals surface area contributed by atoms with Crippen LogP contribution in [0.2, 0.25) is 0 Å². The predicted molar refractivity (Wildman–Crippen MR) is 89.4 cm³/mol. The van der Waals surface area contributed by atoms with Crippen molar-refractivity contribution in [3.05, 3.63) is 29.8 Å². The molecule has 0 aromatic heterocycles. The van der Waals surface area contributed by atoms with Crippen molar-refractivity contribution in [1.82, 2.24) is 4.90 Å². The normalized spacial score (nSPS) is 15.8. The van der Waals surface area contributed by atoms with Gasteiger partial charge in [-0.2, -0.15) is 0 Å². The molecule has 1 aliphatic carbocycles. The third kappa shape index (κ3) is 4.56. The van der Waals surface area contributed by atoms with Crippen molar-refractivity contribution in [2.75, 3.05) is 12.3 Å². The molecule has 0 bridgehead atoms. The van der Waals surface area contributed by atoms with Crippen molar-refractivity contribution >= 4 is 21.7 Å². The average Bonchev–Trinajstić information content (AvgIpc) is 3.37. The third-order valence-electron chi connectivity index (χ3n) is 4.22. The van der Waals surface area contributed by atoms with E-state index in [1.165, 1.54) is 12.1 Å². The molecule has 6 nitrogen and oxygen atoms in total. The van der Waals surface area contributed by atoms with Gasteiger partial charge in [0.1, 0.15) is 0 Å². The second-order valence-corrected chi connectivity index (χ2v) is 8.52. The van der Waals surface area contributed by atoms with E-state index in [0.717, 1.165) is 18.4 Å². The van der Waals surface area contributed by atoms with Crippen molar-refractivity contribution in [2.45, 2.75) is 44.0 Å². The molecule has 1 saturated carbocycles. The Morgan fingerprint density at radius 2 is 1.83 bits per heavy atom. The fraction of sp³-hybridized carbons (Fsp3) is 0.529. The molecule has 0 saturated heterocycles. The van der Waals surface area contributed by atoms with E-state index in [0.29, 0.717) is 0 Å². The highest BCUT2D eigenvalue weighted by Crippen LogP contribution is 2.28. The van der Waals surface area contributed by atoms with E-state index >= 15 is 0 Å². The topological polar surface area (TPSA) is 91.8 Å². The summed E-state index contributed by atoms with van der Waals surface area (Å²) < 4.78 is 23.6. The first-order valence-corrected chi connectivity index (χ1v) is 9.73. The van der Waals surface area contributed by atoms with Crippen LogP contribution in [0.15, 0.2) is 29.2 Å².